The molecule has 0 saturated carbocycles. The highest BCUT2D eigenvalue weighted by Gasteiger charge is 2.41. The molecular weight excluding hydrogens is 829 g/mol. The van der Waals surface area contributed by atoms with Crippen molar-refractivity contribution in [3.63, 3.8) is 0 Å². The van der Waals surface area contributed by atoms with Crippen LogP contribution in [0.1, 0.15) is 45.2 Å². The highest BCUT2D eigenvalue weighted by molar-refractivity contribution is 5.86. The average molecular weight is 869 g/mol. The van der Waals surface area contributed by atoms with E-state index in [1.54, 1.807) is 0 Å². The molecule has 6 nitrogen and oxygen atoms in total. The Morgan fingerprint density at radius 3 is 0.794 bits per heavy atom. The second-order valence-electron chi connectivity index (χ2n) is 17.4. The van der Waals surface area contributed by atoms with Gasteiger partial charge in [-0.15, -0.1) is 0 Å². The lowest BCUT2D eigenvalue weighted by Gasteiger charge is -2.42. The summed E-state index contributed by atoms with van der Waals surface area (Å²) in [6.45, 7) is 0. The molecule has 14 rings (SSSR count). The fourth-order valence-electron chi connectivity index (χ4n) is 10.3. The Morgan fingerprint density at radius 1 is 0.191 bits per heavy atom. The largest absolute Gasteiger partial charge is 0.208 e. The zero-order valence-electron chi connectivity index (χ0n) is 36.8. The van der Waals surface area contributed by atoms with Crippen LogP contribution in [0.4, 0.5) is 0 Å². The van der Waals surface area contributed by atoms with Gasteiger partial charge in [0.1, 0.15) is 0 Å². The molecule has 2 bridgehead atoms. The second-order valence-corrected chi connectivity index (χ2v) is 17.4. The van der Waals surface area contributed by atoms with Crippen LogP contribution in [0.15, 0.2) is 231 Å². The quantitative estimate of drug-likeness (QED) is 0.151. The lowest BCUT2D eigenvalue weighted by Crippen LogP contribution is -2.27. The summed E-state index contributed by atoms with van der Waals surface area (Å²) in [6, 6.07) is 80.7. The molecule has 318 valence electrons. The summed E-state index contributed by atoms with van der Waals surface area (Å²) < 4.78 is 0. The third-order valence-corrected chi connectivity index (χ3v) is 13.4. The molecule has 2 atom stereocenters. The maximum absolute atomic E-state index is 5.13. The van der Waals surface area contributed by atoms with Crippen LogP contribution in [0.5, 0.6) is 0 Å². The molecule has 2 heterocycles. The zero-order valence-corrected chi connectivity index (χ0v) is 36.8. The smallest absolute Gasteiger partial charge is 0.164 e. The van der Waals surface area contributed by atoms with Gasteiger partial charge < -0.3 is 0 Å². The van der Waals surface area contributed by atoms with Crippen LogP contribution in [0.3, 0.4) is 0 Å². The molecule has 0 N–H and O–H groups in total. The minimum Gasteiger partial charge on any atom is -0.208 e. The Morgan fingerprint density at radius 2 is 0.456 bits per heavy atom. The minimum absolute atomic E-state index is 0.0644. The first kappa shape index (κ1) is 39.4. The molecule has 68 heavy (non-hydrogen) atoms. The van der Waals surface area contributed by atoms with Crippen LogP contribution in [0, 0.1) is 0 Å². The molecule has 0 amide bonds. The van der Waals surface area contributed by atoms with Crippen LogP contribution >= 0.6 is 0 Å². The van der Waals surface area contributed by atoms with Crippen molar-refractivity contribution in [3.05, 3.63) is 264 Å². The van der Waals surface area contributed by atoms with Gasteiger partial charge in [-0.25, -0.2) is 29.9 Å². The van der Waals surface area contributed by atoms with E-state index >= 15 is 0 Å². The molecule has 0 spiro atoms. The van der Waals surface area contributed by atoms with Crippen molar-refractivity contribution >= 4 is 0 Å². The van der Waals surface area contributed by atoms with Gasteiger partial charge in [0.2, 0.25) is 0 Å². The molecule has 9 aromatic carbocycles. The summed E-state index contributed by atoms with van der Waals surface area (Å²) >= 11 is 0. The molecular formula is C62H40N6. The number of hydrogen-bond acceptors (Lipinski definition) is 6. The molecule has 0 saturated heterocycles. The van der Waals surface area contributed by atoms with Gasteiger partial charge in [-0.2, -0.15) is 0 Å². The van der Waals surface area contributed by atoms with Crippen molar-refractivity contribution in [3.8, 4) is 90.6 Å². The highest BCUT2D eigenvalue weighted by Crippen LogP contribution is 2.57. The summed E-state index contributed by atoms with van der Waals surface area (Å²) in [5, 5.41) is 0. The van der Waals surface area contributed by atoms with Crippen LogP contribution < -0.4 is 0 Å². The lowest BCUT2D eigenvalue weighted by molar-refractivity contribution is 0.755. The molecule has 11 aromatic rings. The van der Waals surface area contributed by atoms with Gasteiger partial charge in [0.25, 0.3) is 0 Å². The van der Waals surface area contributed by atoms with Gasteiger partial charge >= 0.3 is 0 Å². The van der Waals surface area contributed by atoms with E-state index in [9.17, 15) is 0 Å². The topological polar surface area (TPSA) is 77.3 Å². The third-order valence-electron chi connectivity index (χ3n) is 13.4. The summed E-state index contributed by atoms with van der Waals surface area (Å²) in [7, 11) is 0. The number of nitrogens with zero attached hydrogens (tertiary/aromatic N) is 6. The first-order valence-electron chi connectivity index (χ1n) is 23.0. The molecule has 0 fully saturated rings. The summed E-state index contributed by atoms with van der Waals surface area (Å²) in [5.41, 5.74) is 18.2. The average Bonchev–Trinajstić information content (AvgIpc) is 3.43. The van der Waals surface area contributed by atoms with E-state index in [4.69, 9.17) is 29.9 Å². The highest BCUT2D eigenvalue weighted by atomic mass is 15.0. The van der Waals surface area contributed by atoms with Crippen molar-refractivity contribution in [2.24, 2.45) is 0 Å². The minimum atomic E-state index is 0.0644. The Bertz CT molecular complexity index is 3330. The Labute approximate surface area is 394 Å². The van der Waals surface area contributed by atoms with Crippen molar-refractivity contribution in [1.29, 1.82) is 0 Å². The first-order valence-corrected chi connectivity index (χ1v) is 23.0. The van der Waals surface area contributed by atoms with E-state index in [0.29, 0.717) is 34.9 Å². The monoisotopic (exact) mass is 868 g/mol. The lowest BCUT2D eigenvalue weighted by atomic mass is 9.60. The Kier molecular flexibility index (Phi) is 9.53. The van der Waals surface area contributed by atoms with Gasteiger partial charge in [-0.05, 0) is 67.8 Å². The zero-order chi connectivity index (χ0) is 45.0. The van der Waals surface area contributed by atoms with Crippen molar-refractivity contribution < 1.29 is 0 Å². The van der Waals surface area contributed by atoms with E-state index in [-0.39, 0.29) is 11.8 Å². The summed E-state index contributed by atoms with van der Waals surface area (Å²) in [5.74, 6) is 3.98. The van der Waals surface area contributed by atoms with Crippen molar-refractivity contribution in [1.82, 2.24) is 29.9 Å². The van der Waals surface area contributed by atoms with Crippen LogP contribution in [0.25, 0.3) is 90.6 Å². The normalized spacial score (nSPS) is 14.2. The van der Waals surface area contributed by atoms with Crippen LogP contribution in [-0.2, 0) is 0 Å². The number of aromatic nitrogens is 6. The first-order chi connectivity index (χ1) is 33.7. The van der Waals surface area contributed by atoms with Gasteiger partial charge in [0.05, 0.1) is 0 Å². The van der Waals surface area contributed by atoms with Gasteiger partial charge in [-0.3, -0.25) is 0 Å². The van der Waals surface area contributed by atoms with Crippen LogP contribution in [0.2, 0.25) is 0 Å². The summed E-state index contributed by atoms with van der Waals surface area (Å²) in [4.78, 5) is 30.5. The maximum atomic E-state index is 5.13. The second kappa shape index (κ2) is 16.5. The fourth-order valence-corrected chi connectivity index (χ4v) is 10.3. The SMILES string of the molecule is c1ccc(-c2nc(-c3ccccc3)nc(-c3ccccc3-c3ccc4c(c3)C3c5ccccc5C4c4cc(-c5ccccc5-c5nc(-c6ccccc6)nc(-c6ccccc6)n5)ccc43)n2)cc1. The van der Waals surface area contributed by atoms with Crippen molar-refractivity contribution in [2.45, 2.75) is 11.8 Å². The molecule has 3 aliphatic carbocycles. The molecule has 0 aliphatic heterocycles. The molecule has 0 radical (unpaired) electrons. The molecule has 2 unspecified atom stereocenters. The van der Waals surface area contributed by atoms with E-state index in [1.807, 2.05) is 121 Å². The Hall–Kier alpha value is -9.00. The molecule has 2 aromatic heterocycles. The van der Waals surface area contributed by atoms with Gasteiger partial charge in [0.15, 0.2) is 34.9 Å². The molecule has 6 heteroatoms. The standard InChI is InChI=1S/C62H40N6/c1-5-19-39(20-6-1)57-63-58(40-21-7-2-8-22-40)66-61(65-57)51-31-17-13-27-45(51)43-33-35-49-53(37-43)55-47-29-15-16-30-48(47)56(49)54-38-44(34-36-50(54)55)46-28-14-18-32-52(46)62-67-59(41-23-9-3-10-24-41)64-60(68-62)42-25-11-4-12-26-42/h1-38,55-56H. The molecule has 3 aliphatic rings. The third kappa shape index (κ3) is 6.81. The number of benzene rings is 9. The summed E-state index contributed by atoms with van der Waals surface area (Å²) in [6.07, 6.45) is 0. The van der Waals surface area contributed by atoms with E-state index in [2.05, 4.69) is 109 Å². The van der Waals surface area contributed by atoms with Crippen LogP contribution in [-0.4, -0.2) is 29.9 Å². The van der Waals surface area contributed by atoms with Gasteiger partial charge in [0, 0.05) is 45.2 Å². The van der Waals surface area contributed by atoms with E-state index < -0.39 is 0 Å². The Balaban J connectivity index is 0.918. The van der Waals surface area contributed by atoms with Gasteiger partial charge in [-0.1, -0.05) is 218 Å². The van der Waals surface area contributed by atoms with E-state index in [1.165, 1.54) is 33.4 Å². The number of rotatable bonds is 8. The predicted molar refractivity (Wildman–Crippen MR) is 271 cm³/mol. The van der Waals surface area contributed by atoms with E-state index in [0.717, 1.165) is 55.6 Å². The predicted octanol–water partition coefficient (Wildman–Crippen LogP) is 14.4. The van der Waals surface area contributed by atoms with Crippen molar-refractivity contribution in [2.75, 3.05) is 0 Å². The maximum Gasteiger partial charge on any atom is 0.164 e. The number of hydrogen-bond donors (Lipinski definition) is 0. The fraction of sp³-hybridized carbons (Fsp3) is 0.0323.